The molecule has 0 bridgehead atoms. The molecule has 4 nitrogen and oxygen atoms in total. The predicted molar refractivity (Wildman–Crippen MR) is 79.0 cm³/mol. The Hall–Kier alpha value is -0.593. The van der Waals surface area contributed by atoms with E-state index in [9.17, 15) is 9.59 Å². The molecule has 0 amide bonds. The van der Waals surface area contributed by atoms with Crippen LogP contribution >= 0.6 is 0 Å². The number of hydrogen-bond acceptors (Lipinski definition) is 4. The molecule has 21 heavy (non-hydrogen) atoms. The zero-order valence-electron chi connectivity index (χ0n) is 15.3. The quantitative estimate of drug-likeness (QED) is 0.434. The van der Waals surface area contributed by atoms with Gasteiger partial charge in [-0.15, -0.1) is 6.42 Å². The van der Waals surface area contributed by atoms with Gasteiger partial charge in [0.1, 0.15) is 11.2 Å². The molecule has 0 aromatic rings. The van der Waals surface area contributed by atoms with Crippen LogP contribution in [-0.4, -0.2) is 23.1 Å². The average Bonchev–Trinajstić information content (AvgIpc) is 2.10. The van der Waals surface area contributed by atoms with Gasteiger partial charge in [0.25, 0.3) is 0 Å². The number of carbonyl (C=O) groups excluding carboxylic acids is 2. The molecule has 0 aliphatic rings. The summed E-state index contributed by atoms with van der Waals surface area (Å²) in [4.78, 5) is 24.1. The van der Waals surface area contributed by atoms with Crippen LogP contribution in [0, 0.1) is 11.3 Å². The molecule has 0 N–H and O–H groups in total. The molecular formula is C16H29LiO4. The van der Waals surface area contributed by atoms with Gasteiger partial charge >= 0.3 is 24.8 Å². The third-order valence-corrected chi connectivity index (χ3v) is 2.41. The molecule has 0 saturated heterocycles. The fourth-order valence-corrected chi connectivity index (χ4v) is 1.59. The molecule has 0 aliphatic heterocycles. The molecule has 0 aromatic carbocycles. The summed E-state index contributed by atoms with van der Waals surface area (Å²) in [7, 11) is 0. The first-order chi connectivity index (χ1) is 8.64. The molecule has 0 aromatic heterocycles. The molecule has 0 radical (unpaired) electrons. The van der Waals surface area contributed by atoms with E-state index in [1.807, 2.05) is 41.5 Å². The number of esters is 2. The van der Waals surface area contributed by atoms with Crippen molar-refractivity contribution in [1.29, 1.82) is 0 Å². The Bertz CT molecular complexity index is 361. The smallest absolute Gasteiger partial charge is 0.482 e. The molecule has 118 valence electrons. The maximum atomic E-state index is 12.1. The normalized spacial score (nSPS) is 12.2. The molecule has 0 aliphatic carbocycles. The predicted octanol–water partition coefficient (Wildman–Crippen LogP) is 0.684. The van der Waals surface area contributed by atoms with E-state index in [-0.39, 0.29) is 30.8 Å². The van der Waals surface area contributed by atoms with Gasteiger partial charge in [-0.3, -0.25) is 15.5 Å². The van der Waals surface area contributed by atoms with Gasteiger partial charge in [0.2, 0.25) is 0 Å². The Morgan fingerprint density at radius 1 is 0.857 bits per heavy atom. The van der Waals surface area contributed by atoms with E-state index in [4.69, 9.17) is 9.47 Å². The minimum Gasteiger partial charge on any atom is -0.482 e. The van der Waals surface area contributed by atoms with Gasteiger partial charge in [0.15, 0.2) is 5.97 Å². The van der Waals surface area contributed by atoms with Gasteiger partial charge in [0, 0.05) is 5.41 Å². The Kier molecular flexibility index (Phi) is 8.21. The summed E-state index contributed by atoms with van der Waals surface area (Å²) >= 11 is 0. The van der Waals surface area contributed by atoms with Crippen molar-refractivity contribution in [3.63, 3.8) is 0 Å². The van der Waals surface area contributed by atoms with Crippen molar-refractivity contribution in [2.24, 2.45) is 5.41 Å². The SMILES string of the molecule is C[C-](CC(C)(C)C(=O)OC(C)(C)C)C(=O)OC(C)(C)C.[Li+]. The first kappa shape index (κ1) is 22.7. The summed E-state index contributed by atoms with van der Waals surface area (Å²) in [6.45, 7) is 16.2. The Labute approximate surface area is 141 Å². The van der Waals surface area contributed by atoms with Crippen molar-refractivity contribution in [3.05, 3.63) is 5.92 Å². The first-order valence-corrected chi connectivity index (χ1v) is 6.93. The first-order valence-electron chi connectivity index (χ1n) is 6.93. The van der Waals surface area contributed by atoms with Crippen molar-refractivity contribution in [2.45, 2.75) is 79.9 Å². The van der Waals surface area contributed by atoms with E-state index >= 15 is 0 Å². The standard InChI is InChI=1S/C16H29O4.Li/c1-11(12(17)19-14(2,3)4)10-16(8,9)13(18)20-15(5,6)7;/h10H2,1-9H3;/q-1;+1. The van der Waals surface area contributed by atoms with Crippen LogP contribution in [0.3, 0.4) is 0 Å². The van der Waals surface area contributed by atoms with Crippen molar-refractivity contribution in [1.82, 2.24) is 0 Å². The van der Waals surface area contributed by atoms with Gasteiger partial charge in [0.05, 0.1) is 0 Å². The topological polar surface area (TPSA) is 52.6 Å². The van der Waals surface area contributed by atoms with Crippen LogP contribution in [0.5, 0.6) is 0 Å². The fourth-order valence-electron chi connectivity index (χ4n) is 1.59. The fraction of sp³-hybridized carbons (Fsp3) is 0.812. The van der Waals surface area contributed by atoms with Gasteiger partial charge in [-0.05, 0) is 41.5 Å². The van der Waals surface area contributed by atoms with E-state index in [0.29, 0.717) is 12.3 Å². The van der Waals surface area contributed by atoms with Crippen molar-refractivity contribution in [2.75, 3.05) is 0 Å². The van der Waals surface area contributed by atoms with Crippen LogP contribution in [0.25, 0.3) is 0 Å². The van der Waals surface area contributed by atoms with Crippen molar-refractivity contribution in [3.8, 4) is 0 Å². The van der Waals surface area contributed by atoms with E-state index in [2.05, 4.69) is 0 Å². The number of hydrogen-bond donors (Lipinski definition) is 0. The van der Waals surface area contributed by atoms with Gasteiger partial charge < -0.3 is 9.47 Å². The maximum absolute atomic E-state index is 12.1. The van der Waals surface area contributed by atoms with Crippen LogP contribution in [0.4, 0.5) is 0 Å². The van der Waals surface area contributed by atoms with Crippen LogP contribution in [0.2, 0.25) is 0 Å². The van der Waals surface area contributed by atoms with Crippen LogP contribution < -0.4 is 18.9 Å². The average molecular weight is 292 g/mol. The Morgan fingerprint density at radius 2 is 1.24 bits per heavy atom. The number of carbonyl (C=O) groups is 2. The zero-order chi connectivity index (χ0) is 16.4. The molecule has 0 unspecified atom stereocenters. The molecule has 0 spiro atoms. The largest absolute Gasteiger partial charge is 1.00 e. The molecule has 0 rings (SSSR count). The summed E-state index contributed by atoms with van der Waals surface area (Å²) in [5.41, 5.74) is -1.82. The van der Waals surface area contributed by atoms with E-state index in [1.165, 1.54) is 0 Å². The third kappa shape index (κ3) is 9.87. The Morgan fingerprint density at radius 3 is 1.57 bits per heavy atom. The van der Waals surface area contributed by atoms with Crippen LogP contribution in [0.15, 0.2) is 0 Å². The van der Waals surface area contributed by atoms with Crippen molar-refractivity contribution >= 4 is 11.9 Å². The van der Waals surface area contributed by atoms with Gasteiger partial charge in [-0.1, -0.05) is 13.8 Å². The summed E-state index contributed by atoms with van der Waals surface area (Å²) < 4.78 is 10.7. The summed E-state index contributed by atoms with van der Waals surface area (Å²) in [5.74, 6) is -0.155. The van der Waals surface area contributed by atoms with Crippen LogP contribution in [-0.2, 0) is 19.1 Å². The Balaban J connectivity index is 0. The molecule has 0 fully saturated rings. The monoisotopic (exact) mass is 292 g/mol. The minimum atomic E-state index is -0.756. The number of ether oxygens (including phenoxy) is 2. The minimum absolute atomic E-state index is 0. The second kappa shape index (κ2) is 7.60. The third-order valence-electron chi connectivity index (χ3n) is 2.41. The molecule has 5 heteroatoms. The van der Waals surface area contributed by atoms with Crippen molar-refractivity contribution < 1.29 is 37.9 Å². The molecule has 0 saturated carbocycles. The molecule has 0 atom stereocenters. The van der Waals surface area contributed by atoms with Gasteiger partial charge in [-0.2, -0.15) is 6.92 Å². The second-order valence-electron chi connectivity index (χ2n) is 7.84. The van der Waals surface area contributed by atoms with E-state index < -0.39 is 16.6 Å². The summed E-state index contributed by atoms with van der Waals surface area (Å²) in [6, 6.07) is 0. The summed E-state index contributed by atoms with van der Waals surface area (Å²) in [5, 5.41) is 0. The second-order valence-corrected chi connectivity index (χ2v) is 7.84. The maximum Gasteiger partial charge on any atom is 1.00 e. The van der Waals surface area contributed by atoms with Gasteiger partial charge in [-0.25, -0.2) is 0 Å². The van der Waals surface area contributed by atoms with E-state index in [0.717, 1.165) is 0 Å². The van der Waals surface area contributed by atoms with Crippen LogP contribution in [0.1, 0.15) is 68.7 Å². The molecular weight excluding hydrogens is 263 g/mol. The summed E-state index contributed by atoms with van der Waals surface area (Å²) in [6.07, 6.45) is 0.316. The molecule has 0 heterocycles. The van der Waals surface area contributed by atoms with E-state index in [1.54, 1.807) is 20.8 Å². The zero-order valence-corrected chi connectivity index (χ0v) is 15.3. The number of rotatable bonds is 4.